The lowest BCUT2D eigenvalue weighted by molar-refractivity contribution is -0.223. The van der Waals surface area contributed by atoms with Crippen molar-refractivity contribution in [3.63, 3.8) is 0 Å². The van der Waals surface area contributed by atoms with Crippen molar-refractivity contribution in [1.29, 1.82) is 0 Å². The third kappa shape index (κ3) is 4.09. The van der Waals surface area contributed by atoms with Gasteiger partial charge in [-0.25, -0.2) is 0 Å². The second-order valence-corrected chi connectivity index (χ2v) is 6.39. The first-order valence-corrected chi connectivity index (χ1v) is 7.50. The van der Waals surface area contributed by atoms with E-state index in [1.807, 2.05) is 4.90 Å². The van der Waals surface area contributed by atoms with Gasteiger partial charge in [-0.2, -0.15) is 13.2 Å². The number of alkyl halides is 3. The lowest BCUT2D eigenvalue weighted by Crippen LogP contribution is -2.49. The molecule has 0 spiro atoms. The van der Waals surface area contributed by atoms with Gasteiger partial charge in [0.2, 0.25) is 0 Å². The van der Waals surface area contributed by atoms with Crippen molar-refractivity contribution >= 4 is 0 Å². The van der Waals surface area contributed by atoms with E-state index >= 15 is 0 Å². The smallest absolute Gasteiger partial charge is 0.389 e. The van der Waals surface area contributed by atoms with Crippen LogP contribution in [-0.2, 0) is 0 Å². The molecule has 1 saturated carbocycles. The summed E-state index contributed by atoms with van der Waals surface area (Å²) in [6.45, 7) is 1.61. The van der Waals surface area contributed by atoms with Crippen molar-refractivity contribution < 1.29 is 23.4 Å². The summed E-state index contributed by atoms with van der Waals surface area (Å²) >= 11 is 0. The Hall–Kier alpha value is -0.330. The standard InChI is InChI=1S/C14H24F3NO2/c15-14(16,17)12(19)11-4-8-18(9-5-11)10-13(20)6-2-1-3-7-13/h11-12,19-20H,1-10H2. The van der Waals surface area contributed by atoms with Crippen molar-refractivity contribution in [2.45, 2.75) is 62.8 Å². The molecule has 1 unspecified atom stereocenters. The van der Waals surface area contributed by atoms with E-state index in [4.69, 9.17) is 0 Å². The van der Waals surface area contributed by atoms with Crippen LogP contribution < -0.4 is 0 Å². The molecular formula is C14H24F3NO2. The Morgan fingerprint density at radius 3 is 2.15 bits per heavy atom. The fraction of sp³-hybridized carbons (Fsp3) is 1.00. The van der Waals surface area contributed by atoms with Crippen LogP contribution in [-0.4, -0.2) is 52.6 Å². The zero-order chi connectivity index (χ0) is 14.8. The van der Waals surface area contributed by atoms with Crippen LogP contribution >= 0.6 is 0 Å². The molecule has 0 amide bonds. The molecule has 0 aromatic rings. The van der Waals surface area contributed by atoms with Gasteiger partial charge >= 0.3 is 6.18 Å². The maximum Gasteiger partial charge on any atom is 0.414 e. The average molecular weight is 295 g/mol. The van der Waals surface area contributed by atoms with Gasteiger partial charge in [0.1, 0.15) is 0 Å². The topological polar surface area (TPSA) is 43.7 Å². The van der Waals surface area contributed by atoms with Gasteiger partial charge in [-0.1, -0.05) is 19.3 Å². The van der Waals surface area contributed by atoms with Gasteiger partial charge in [0.25, 0.3) is 0 Å². The van der Waals surface area contributed by atoms with Crippen molar-refractivity contribution in [2.75, 3.05) is 19.6 Å². The van der Waals surface area contributed by atoms with E-state index in [1.165, 1.54) is 0 Å². The Morgan fingerprint density at radius 2 is 1.65 bits per heavy atom. The molecule has 0 radical (unpaired) electrons. The fourth-order valence-corrected chi connectivity index (χ4v) is 3.48. The molecule has 20 heavy (non-hydrogen) atoms. The average Bonchev–Trinajstić information content (AvgIpc) is 2.38. The van der Waals surface area contributed by atoms with Gasteiger partial charge in [-0.15, -0.1) is 0 Å². The quantitative estimate of drug-likeness (QED) is 0.840. The minimum absolute atomic E-state index is 0.344. The number of aliphatic hydroxyl groups is 2. The Morgan fingerprint density at radius 1 is 1.10 bits per heavy atom. The molecule has 1 aliphatic carbocycles. The van der Waals surface area contributed by atoms with Crippen LogP contribution in [0, 0.1) is 5.92 Å². The monoisotopic (exact) mass is 295 g/mol. The van der Waals surface area contributed by atoms with Crippen LogP contribution in [0.15, 0.2) is 0 Å². The molecule has 2 fully saturated rings. The van der Waals surface area contributed by atoms with Gasteiger partial charge in [0.05, 0.1) is 5.60 Å². The molecule has 6 heteroatoms. The van der Waals surface area contributed by atoms with Gasteiger partial charge in [-0.3, -0.25) is 0 Å². The minimum atomic E-state index is -4.52. The Kier molecular flexibility index (Phi) is 4.97. The van der Waals surface area contributed by atoms with Gasteiger partial charge < -0.3 is 15.1 Å². The summed E-state index contributed by atoms with van der Waals surface area (Å²) in [7, 11) is 0. The zero-order valence-corrected chi connectivity index (χ0v) is 11.7. The first-order valence-electron chi connectivity index (χ1n) is 7.50. The van der Waals surface area contributed by atoms with Crippen LogP contribution in [0.3, 0.4) is 0 Å². The summed E-state index contributed by atoms with van der Waals surface area (Å²) in [6, 6.07) is 0. The molecule has 2 rings (SSSR count). The highest BCUT2D eigenvalue weighted by Crippen LogP contribution is 2.33. The molecule has 118 valence electrons. The highest BCUT2D eigenvalue weighted by molar-refractivity contribution is 4.88. The van der Waals surface area contributed by atoms with Crippen LogP contribution in [0.4, 0.5) is 13.2 Å². The minimum Gasteiger partial charge on any atom is -0.389 e. The molecule has 3 nitrogen and oxygen atoms in total. The normalized spacial score (nSPS) is 27.4. The van der Waals surface area contributed by atoms with E-state index in [2.05, 4.69) is 0 Å². The summed E-state index contributed by atoms with van der Waals surface area (Å²) in [4.78, 5) is 2.05. The van der Waals surface area contributed by atoms with Crippen molar-refractivity contribution in [3.05, 3.63) is 0 Å². The Labute approximate surface area is 117 Å². The molecular weight excluding hydrogens is 271 g/mol. The van der Waals surface area contributed by atoms with Crippen LogP contribution in [0.25, 0.3) is 0 Å². The van der Waals surface area contributed by atoms with Gasteiger partial charge in [-0.05, 0) is 44.7 Å². The third-order valence-electron chi connectivity index (χ3n) is 4.72. The van der Waals surface area contributed by atoms with Crippen molar-refractivity contribution in [1.82, 2.24) is 4.90 Å². The molecule has 2 N–H and O–H groups in total. The second-order valence-electron chi connectivity index (χ2n) is 6.39. The molecule has 1 heterocycles. The van der Waals surface area contributed by atoms with E-state index in [1.54, 1.807) is 0 Å². The third-order valence-corrected chi connectivity index (χ3v) is 4.72. The van der Waals surface area contributed by atoms with Crippen molar-refractivity contribution in [2.24, 2.45) is 5.92 Å². The van der Waals surface area contributed by atoms with E-state index < -0.39 is 23.8 Å². The number of nitrogens with zero attached hydrogens (tertiary/aromatic N) is 1. The van der Waals surface area contributed by atoms with Crippen LogP contribution in [0.2, 0.25) is 0 Å². The summed E-state index contributed by atoms with van der Waals surface area (Å²) in [5.41, 5.74) is -0.659. The second kappa shape index (κ2) is 6.20. The maximum atomic E-state index is 12.5. The number of hydrogen-bond donors (Lipinski definition) is 2. The first-order chi connectivity index (χ1) is 9.30. The lowest BCUT2D eigenvalue weighted by Gasteiger charge is -2.40. The molecule has 2 aliphatic rings. The number of aliphatic hydroxyl groups excluding tert-OH is 1. The number of halogens is 3. The number of piperidine rings is 1. The predicted octanol–water partition coefficient (Wildman–Crippen LogP) is 2.32. The Bertz CT molecular complexity index is 308. The SMILES string of the molecule is OC(C1CCN(CC2(O)CCCCC2)CC1)C(F)(F)F. The van der Waals surface area contributed by atoms with E-state index in [0.717, 1.165) is 32.1 Å². The zero-order valence-electron chi connectivity index (χ0n) is 11.7. The molecule has 1 aliphatic heterocycles. The van der Waals surface area contributed by atoms with E-state index in [0.29, 0.717) is 32.5 Å². The molecule has 1 atom stereocenters. The maximum absolute atomic E-state index is 12.5. The summed E-state index contributed by atoms with van der Waals surface area (Å²) in [5.74, 6) is -0.702. The van der Waals surface area contributed by atoms with Gasteiger partial charge in [0.15, 0.2) is 6.10 Å². The van der Waals surface area contributed by atoms with Gasteiger partial charge in [0, 0.05) is 6.54 Å². The van der Waals surface area contributed by atoms with E-state index in [-0.39, 0.29) is 0 Å². The lowest BCUT2D eigenvalue weighted by atomic mass is 9.83. The van der Waals surface area contributed by atoms with E-state index in [9.17, 15) is 23.4 Å². The molecule has 1 saturated heterocycles. The predicted molar refractivity (Wildman–Crippen MR) is 69.3 cm³/mol. The number of hydrogen-bond acceptors (Lipinski definition) is 3. The highest BCUT2D eigenvalue weighted by Gasteiger charge is 2.44. The van der Waals surface area contributed by atoms with Crippen LogP contribution in [0.5, 0.6) is 0 Å². The summed E-state index contributed by atoms with van der Waals surface area (Å²) in [5, 5.41) is 19.7. The number of likely N-dealkylation sites (tertiary alicyclic amines) is 1. The number of rotatable bonds is 3. The van der Waals surface area contributed by atoms with Crippen LogP contribution in [0.1, 0.15) is 44.9 Å². The Balaban J connectivity index is 1.79. The largest absolute Gasteiger partial charge is 0.414 e. The molecule has 0 bridgehead atoms. The molecule has 0 aromatic carbocycles. The summed E-state index contributed by atoms with van der Waals surface area (Å²) in [6.07, 6.45) is -1.25. The molecule has 0 aromatic heterocycles. The summed E-state index contributed by atoms with van der Waals surface area (Å²) < 4.78 is 37.4. The highest BCUT2D eigenvalue weighted by atomic mass is 19.4. The number of β-amino-alcohol motifs (C(OH)–C–C–N with tert-alkyl or cyclic N) is 1. The fourth-order valence-electron chi connectivity index (χ4n) is 3.48. The van der Waals surface area contributed by atoms with Crippen molar-refractivity contribution in [3.8, 4) is 0 Å². The first kappa shape index (κ1) is 16.0.